The average Bonchev–Trinajstić information content (AvgIpc) is 2.70. The normalized spacial score (nSPS) is 30.5. The summed E-state index contributed by atoms with van der Waals surface area (Å²) < 4.78 is 0. The van der Waals surface area contributed by atoms with Gasteiger partial charge >= 0.3 is 0 Å². The molecule has 0 atom stereocenters. The highest BCUT2D eigenvalue weighted by Crippen LogP contribution is 2.55. The number of carbonyl (C=O) groups excluding carboxylic acids is 1. The molecular formula is C10H16O. The van der Waals surface area contributed by atoms with Crippen LogP contribution in [0, 0.1) is 11.3 Å². The van der Waals surface area contributed by atoms with Crippen LogP contribution in [0.2, 0.25) is 0 Å². The Hall–Kier alpha value is -0.330. The lowest BCUT2D eigenvalue weighted by atomic mass is 9.78. The summed E-state index contributed by atoms with van der Waals surface area (Å²) in [5, 5.41) is 0. The van der Waals surface area contributed by atoms with Crippen molar-refractivity contribution in [2.24, 2.45) is 11.3 Å². The third kappa shape index (κ3) is 1.33. The van der Waals surface area contributed by atoms with Crippen LogP contribution in [0.3, 0.4) is 0 Å². The van der Waals surface area contributed by atoms with E-state index in [1.807, 2.05) is 0 Å². The van der Waals surface area contributed by atoms with Gasteiger partial charge in [-0.1, -0.05) is 6.92 Å². The van der Waals surface area contributed by atoms with Crippen LogP contribution >= 0.6 is 0 Å². The van der Waals surface area contributed by atoms with Crippen molar-refractivity contribution in [3.8, 4) is 0 Å². The Labute approximate surface area is 68.2 Å². The van der Waals surface area contributed by atoms with Gasteiger partial charge < -0.3 is 0 Å². The molecule has 2 saturated carbocycles. The summed E-state index contributed by atoms with van der Waals surface area (Å²) in [6.45, 7) is 2.38. The van der Waals surface area contributed by atoms with Gasteiger partial charge in [0.25, 0.3) is 0 Å². The molecule has 0 heterocycles. The highest BCUT2D eigenvalue weighted by Gasteiger charge is 2.45. The van der Waals surface area contributed by atoms with E-state index in [1.54, 1.807) is 0 Å². The molecule has 0 aliphatic heterocycles. The van der Waals surface area contributed by atoms with E-state index < -0.39 is 0 Å². The van der Waals surface area contributed by atoms with Gasteiger partial charge in [-0.05, 0) is 37.0 Å². The standard InChI is InChI=1S/C10H16O/c1-10(6-7-10)8-2-4-9(11)5-3-8/h8H,2-7H2,1H3. The van der Waals surface area contributed by atoms with Gasteiger partial charge in [0.2, 0.25) is 0 Å². The summed E-state index contributed by atoms with van der Waals surface area (Å²) in [6, 6.07) is 0. The monoisotopic (exact) mass is 152 g/mol. The molecule has 0 spiro atoms. The molecule has 2 fully saturated rings. The number of hydrogen-bond acceptors (Lipinski definition) is 1. The first-order valence-electron chi connectivity index (χ1n) is 4.72. The van der Waals surface area contributed by atoms with E-state index in [-0.39, 0.29) is 0 Å². The van der Waals surface area contributed by atoms with Crippen molar-refractivity contribution in [1.82, 2.24) is 0 Å². The van der Waals surface area contributed by atoms with Crippen LogP contribution in [0.15, 0.2) is 0 Å². The SMILES string of the molecule is CC1(C2CCC(=O)CC2)CC1. The number of hydrogen-bond donors (Lipinski definition) is 0. The Kier molecular flexibility index (Phi) is 1.55. The number of rotatable bonds is 1. The van der Waals surface area contributed by atoms with Gasteiger partial charge in [-0.25, -0.2) is 0 Å². The average molecular weight is 152 g/mol. The third-order valence-corrected chi connectivity index (χ3v) is 3.57. The Morgan fingerprint density at radius 1 is 1.27 bits per heavy atom. The molecule has 0 radical (unpaired) electrons. The quantitative estimate of drug-likeness (QED) is 0.564. The second-order valence-electron chi connectivity index (χ2n) is 4.47. The minimum absolute atomic E-state index is 0.491. The van der Waals surface area contributed by atoms with Crippen LogP contribution in [-0.2, 0) is 4.79 Å². The second-order valence-corrected chi connectivity index (χ2v) is 4.47. The fourth-order valence-electron chi connectivity index (χ4n) is 2.24. The molecule has 0 aromatic carbocycles. The molecule has 2 aliphatic rings. The van der Waals surface area contributed by atoms with E-state index >= 15 is 0 Å². The molecule has 62 valence electrons. The van der Waals surface area contributed by atoms with Gasteiger partial charge in [0.1, 0.15) is 5.78 Å². The maximum atomic E-state index is 11.0. The first-order valence-corrected chi connectivity index (χ1v) is 4.72. The van der Waals surface area contributed by atoms with Crippen LogP contribution in [0.5, 0.6) is 0 Å². The molecule has 11 heavy (non-hydrogen) atoms. The zero-order chi connectivity index (χ0) is 7.90. The zero-order valence-corrected chi connectivity index (χ0v) is 7.23. The summed E-state index contributed by atoms with van der Waals surface area (Å²) in [7, 11) is 0. The summed E-state index contributed by atoms with van der Waals surface area (Å²) >= 11 is 0. The third-order valence-electron chi connectivity index (χ3n) is 3.57. The molecule has 0 saturated heterocycles. The highest BCUT2D eigenvalue weighted by atomic mass is 16.1. The highest BCUT2D eigenvalue weighted by molar-refractivity contribution is 5.79. The summed E-state index contributed by atoms with van der Waals surface area (Å²) in [4.78, 5) is 11.0. The van der Waals surface area contributed by atoms with Gasteiger partial charge in [0.05, 0.1) is 0 Å². The predicted octanol–water partition coefficient (Wildman–Crippen LogP) is 2.55. The van der Waals surface area contributed by atoms with E-state index in [4.69, 9.17) is 0 Å². The minimum atomic E-state index is 0.491. The van der Waals surface area contributed by atoms with Crippen molar-refractivity contribution in [1.29, 1.82) is 0 Å². The van der Waals surface area contributed by atoms with Crippen LogP contribution < -0.4 is 0 Å². The van der Waals surface area contributed by atoms with E-state index in [2.05, 4.69) is 6.92 Å². The zero-order valence-electron chi connectivity index (χ0n) is 7.23. The van der Waals surface area contributed by atoms with E-state index in [0.717, 1.165) is 18.8 Å². The Morgan fingerprint density at radius 3 is 2.27 bits per heavy atom. The largest absolute Gasteiger partial charge is 0.300 e. The molecule has 2 rings (SSSR count). The molecular weight excluding hydrogens is 136 g/mol. The molecule has 0 N–H and O–H groups in total. The predicted molar refractivity (Wildman–Crippen MR) is 44.3 cm³/mol. The summed E-state index contributed by atoms with van der Waals surface area (Å²) in [5.74, 6) is 1.37. The molecule has 0 unspecified atom stereocenters. The topological polar surface area (TPSA) is 17.1 Å². The molecule has 0 amide bonds. The van der Waals surface area contributed by atoms with Gasteiger partial charge in [-0.3, -0.25) is 4.79 Å². The Morgan fingerprint density at radius 2 is 1.82 bits per heavy atom. The van der Waals surface area contributed by atoms with Crippen LogP contribution in [-0.4, -0.2) is 5.78 Å². The number of carbonyl (C=O) groups is 1. The number of ketones is 1. The molecule has 0 aromatic rings. The van der Waals surface area contributed by atoms with Gasteiger partial charge in [0.15, 0.2) is 0 Å². The van der Waals surface area contributed by atoms with Crippen LogP contribution in [0.25, 0.3) is 0 Å². The van der Waals surface area contributed by atoms with Crippen molar-refractivity contribution in [3.63, 3.8) is 0 Å². The van der Waals surface area contributed by atoms with Crippen LogP contribution in [0.1, 0.15) is 45.4 Å². The Balaban J connectivity index is 1.92. The van der Waals surface area contributed by atoms with Crippen molar-refractivity contribution >= 4 is 5.78 Å². The van der Waals surface area contributed by atoms with Crippen LogP contribution in [0.4, 0.5) is 0 Å². The van der Waals surface area contributed by atoms with E-state index in [9.17, 15) is 4.79 Å². The lowest BCUT2D eigenvalue weighted by Crippen LogP contribution is -2.20. The number of Topliss-reactive ketones (excluding diaryl/α,β-unsaturated/α-hetero) is 1. The van der Waals surface area contributed by atoms with Crippen molar-refractivity contribution < 1.29 is 4.79 Å². The van der Waals surface area contributed by atoms with Crippen molar-refractivity contribution in [2.45, 2.75) is 45.4 Å². The molecule has 1 nitrogen and oxygen atoms in total. The minimum Gasteiger partial charge on any atom is -0.300 e. The lowest BCUT2D eigenvalue weighted by Gasteiger charge is -2.26. The molecule has 2 aliphatic carbocycles. The van der Waals surface area contributed by atoms with Gasteiger partial charge in [-0.2, -0.15) is 0 Å². The fourth-order valence-corrected chi connectivity index (χ4v) is 2.24. The lowest BCUT2D eigenvalue weighted by molar-refractivity contribution is -0.121. The summed E-state index contributed by atoms with van der Waals surface area (Å²) in [5.41, 5.74) is 0.653. The maximum absolute atomic E-state index is 11.0. The first kappa shape index (κ1) is 7.33. The molecule has 0 aromatic heterocycles. The van der Waals surface area contributed by atoms with Gasteiger partial charge in [0, 0.05) is 12.8 Å². The smallest absolute Gasteiger partial charge is 0.132 e. The molecule has 1 heteroatoms. The first-order chi connectivity index (χ1) is 5.21. The fraction of sp³-hybridized carbons (Fsp3) is 0.900. The van der Waals surface area contributed by atoms with Crippen molar-refractivity contribution in [3.05, 3.63) is 0 Å². The van der Waals surface area contributed by atoms with Gasteiger partial charge in [-0.15, -0.1) is 0 Å². The Bertz CT molecular complexity index is 169. The maximum Gasteiger partial charge on any atom is 0.132 e. The molecule has 0 bridgehead atoms. The summed E-state index contributed by atoms with van der Waals surface area (Å²) in [6.07, 6.45) is 6.89. The van der Waals surface area contributed by atoms with E-state index in [0.29, 0.717) is 11.2 Å². The second kappa shape index (κ2) is 2.33. The van der Waals surface area contributed by atoms with Crippen molar-refractivity contribution in [2.75, 3.05) is 0 Å². The van der Waals surface area contributed by atoms with E-state index in [1.165, 1.54) is 25.7 Å².